The van der Waals surface area contributed by atoms with Crippen molar-refractivity contribution in [2.45, 2.75) is 26.4 Å². The van der Waals surface area contributed by atoms with Crippen LogP contribution in [0, 0.1) is 0 Å². The third-order valence-electron chi connectivity index (χ3n) is 1.83. The van der Waals surface area contributed by atoms with E-state index in [1.807, 2.05) is 11.6 Å². The maximum Gasteiger partial charge on any atom is 0.193 e. The summed E-state index contributed by atoms with van der Waals surface area (Å²) in [5.74, 6) is 0. The van der Waals surface area contributed by atoms with E-state index in [-0.39, 0.29) is 0 Å². The minimum Gasteiger partial charge on any atom is -0.309 e. The highest BCUT2D eigenvalue weighted by Crippen LogP contribution is 2.10. The summed E-state index contributed by atoms with van der Waals surface area (Å²) < 4.78 is 2.06. The van der Waals surface area contributed by atoms with Crippen molar-refractivity contribution in [3.8, 4) is 0 Å². The summed E-state index contributed by atoms with van der Waals surface area (Å²) in [4.78, 5) is 5.53. The summed E-state index contributed by atoms with van der Waals surface area (Å²) in [6.45, 7) is 5.13. The van der Waals surface area contributed by atoms with Crippen molar-refractivity contribution < 1.29 is 0 Å². The van der Waals surface area contributed by atoms with E-state index in [2.05, 4.69) is 34.7 Å². The van der Waals surface area contributed by atoms with Gasteiger partial charge in [-0.05, 0) is 0 Å². The Balaban J connectivity index is 2.11. The second-order valence-corrected chi connectivity index (χ2v) is 4.23. The Kier molecular flexibility index (Phi) is 2.33. The number of hydrogen-bond donors (Lipinski definition) is 1. The van der Waals surface area contributed by atoms with Crippen LogP contribution in [-0.2, 0) is 6.54 Å². The molecule has 0 fully saturated rings. The van der Waals surface area contributed by atoms with Gasteiger partial charge in [-0.15, -0.1) is 11.3 Å². The molecule has 0 aliphatic heterocycles. The molecule has 1 N–H and O–H groups in total. The Bertz CT molecular complexity index is 360. The van der Waals surface area contributed by atoms with E-state index in [0.717, 1.165) is 17.2 Å². The highest BCUT2D eigenvalue weighted by Gasteiger charge is 2.01. The maximum absolute atomic E-state index is 4.46. The molecule has 0 spiro atoms. The predicted molar refractivity (Wildman–Crippen MR) is 55.0 cm³/mol. The summed E-state index contributed by atoms with van der Waals surface area (Å²) in [6, 6.07) is 0.514. The fourth-order valence-electron chi connectivity index (χ4n) is 1.17. The normalized spacial score (nSPS) is 11.6. The average molecular weight is 195 g/mol. The molecule has 4 heteroatoms. The molecule has 0 aliphatic carbocycles. The molecule has 0 bridgehead atoms. The maximum atomic E-state index is 4.46. The zero-order valence-electron chi connectivity index (χ0n) is 7.82. The molecule has 2 aromatic heterocycles. The van der Waals surface area contributed by atoms with E-state index < -0.39 is 0 Å². The molecule has 2 heterocycles. The van der Waals surface area contributed by atoms with E-state index in [4.69, 9.17) is 0 Å². The number of nitrogens with zero attached hydrogens (tertiary/aromatic N) is 2. The zero-order chi connectivity index (χ0) is 9.26. The molecule has 2 rings (SSSR count). The summed E-state index contributed by atoms with van der Waals surface area (Å²) in [5.41, 5.74) is 1.11. The fourth-order valence-corrected chi connectivity index (χ4v) is 1.89. The van der Waals surface area contributed by atoms with Crippen LogP contribution in [0.3, 0.4) is 0 Å². The fraction of sp³-hybridized carbons (Fsp3) is 0.444. The van der Waals surface area contributed by atoms with Crippen LogP contribution in [0.15, 0.2) is 17.8 Å². The number of hydrogen-bond acceptors (Lipinski definition) is 3. The molecule has 0 saturated heterocycles. The lowest BCUT2D eigenvalue weighted by molar-refractivity contribution is 0.583. The van der Waals surface area contributed by atoms with Gasteiger partial charge in [-0.1, -0.05) is 13.8 Å². The highest BCUT2D eigenvalue weighted by molar-refractivity contribution is 7.15. The van der Waals surface area contributed by atoms with Gasteiger partial charge >= 0.3 is 0 Å². The van der Waals surface area contributed by atoms with Gasteiger partial charge in [0.05, 0.1) is 5.69 Å². The molecule has 0 aromatic carbocycles. The number of imidazole rings is 1. The molecule has 0 amide bonds. The molecule has 70 valence electrons. The smallest absolute Gasteiger partial charge is 0.193 e. The predicted octanol–water partition coefficient (Wildman–Crippen LogP) is 1.89. The van der Waals surface area contributed by atoms with Gasteiger partial charge in [0.2, 0.25) is 0 Å². The van der Waals surface area contributed by atoms with Crippen LogP contribution in [0.4, 0.5) is 0 Å². The molecular weight excluding hydrogens is 182 g/mol. The van der Waals surface area contributed by atoms with Crippen LogP contribution < -0.4 is 5.32 Å². The van der Waals surface area contributed by atoms with Gasteiger partial charge < -0.3 is 5.32 Å². The molecule has 2 aromatic rings. The molecule has 13 heavy (non-hydrogen) atoms. The third-order valence-corrected chi connectivity index (χ3v) is 2.61. The van der Waals surface area contributed by atoms with Gasteiger partial charge in [0, 0.05) is 30.4 Å². The van der Waals surface area contributed by atoms with Crippen LogP contribution in [0.5, 0.6) is 0 Å². The van der Waals surface area contributed by atoms with Crippen molar-refractivity contribution in [2.75, 3.05) is 0 Å². The topological polar surface area (TPSA) is 29.3 Å². The third kappa shape index (κ3) is 1.89. The molecule has 0 radical (unpaired) electrons. The van der Waals surface area contributed by atoms with Crippen LogP contribution in [0.1, 0.15) is 19.5 Å². The number of thiazole rings is 1. The number of nitrogens with one attached hydrogen (secondary N) is 1. The van der Waals surface area contributed by atoms with Gasteiger partial charge in [0.25, 0.3) is 0 Å². The van der Waals surface area contributed by atoms with Crippen LogP contribution in [0.25, 0.3) is 4.96 Å². The summed E-state index contributed by atoms with van der Waals surface area (Å²) in [6.07, 6.45) is 4.10. The quantitative estimate of drug-likeness (QED) is 0.810. The van der Waals surface area contributed by atoms with E-state index in [0.29, 0.717) is 6.04 Å². The van der Waals surface area contributed by atoms with E-state index in [1.165, 1.54) is 0 Å². The largest absolute Gasteiger partial charge is 0.309 e. The van der Waals surface area contributed by atoms with Crippen molar-refractivity contribution in [3.63, 3.8) is 0 Å². The van der Waals surface area contributed by atoms with Gasteiger partial charge in [0.15, 0.2) is 4.96 Å². The minimum absolute atomic E-state index is 0.514. The van der Waals surface area contributed by atoms with Crippen molar-refractivity contribution in [1.82, 2.24) is 14.7 Å². The van der Waals surface area contributed by atoms with Gasteiger partial charge in [-0.3, -0.25) is 4.40 Å². The first kappa shape index (κ1) is 8.72. The molecule has 3 nitrogen and oxygen atoms in total. The Hall–Kier alpha value is -0.870. The monoisotopic (exact) mass is 195 g/mol. The molecule has 0 aliphatic rings. The van der Waals surface area contributed by atoms with Gasteiger partial charge in [0.1, 0.15) is 0 Å². The SMILES string of the molecule is CC(C)NCc1cn2ccsc2n1. The Morgan fingerprint density at radius 2 is 2.46 bits per heavy atom. The minimum atomic E-state index is 0.514. The van der Waals surface area contributed by atoms with Crippen molar-refractivity contribution >= 4 is 16.3 Å². The van der Waals surface area contributed by atoms with Gasteiger partial charge in [-0.2, -0.15) is 0 Å². The molecule has 0 saturated carbocycles. The first-order chi connectivity index (χ1) is 6.25. The summed E-state index contributed by atoms with van der Waals surface area (Å²) in [7, 11) is 0. The zero-order valence-corrected chi connectivity index (χ0v) is 8.64. The first-order valence-electron chi connectivity index (χ1n) is 4.40. The lowest BCUT2D eigenvalue weighted by atomic mass is 10.4. The second-order valence-electron chi connectivity index (χ2n) is 3.36. The lowest BCUT2D eigenvalue weighted by Crippen LogP contribution is -2.21. The first-order valence-corrected chi connectivity index (χ1v) is 5.28. The van der Waals surface area contributed by atoms with Crippen molar-refractivity contribution in [1.29, 1.82) is 0 Å². The molecule has 0 unspecified atom stereocenters. The van der Waals surface area contributed by atoms with E-state index in [9.17, 15) is 0 Å². The number of fused-ring (bicyclic) bond motifs is 1. The van der Waals surface area contributed by atoms with E-state index in [1.54, 1.807) is 11.3 Å². The molecule has 0 atom stereocenters. The van der Waals surface area contributed by atoms with Crippen molar-refractivity contribution in [3.05, 3.63) is 23.5 Å². The number of rotatable bonds is 3. The number of aromatic nitrogens is 2. The Morgan fingerprint density at radius 1 is 1.62 bits per heavy atom. The van der Waals surface area contributed by atoms with Gasteiger partial charge in [-0.25, -0.2) is 4.98 Å². The second kappa shape index (κ2) is 3.47. The van der Waals surface area contributed by atoms with Crippen LogP contribution in [-0.4, -0.2) is 15.4 Å². The van der Waals surface area contributed by atoms with Crippen LogP contribution in [0.2, 0.25) is 0 Å². The summed E-state index contributed by atoms with van der Waals surface area (Å²) >= 11 is 1.67. The van der Waals surface area contributed by atoms with Crippen molar-refractivity contribution in [2.24, 2.45) is 0 Å². The Morgan fingerprint density at radius 3 is 3.15 bits per heavy atom. The van der Waals surface area contributed by atoms with E-state index >= 15 is 0 Å². The average Bonchev–Trinajstić information content (AvgIpc) is 2.58. The summed E-state index contributed by atoms with van der Waals surface area (Å²) in [5, 5.41) is 5.38. The standard InChI is InChI=1S/C9H13N3S/c1-7(2)10-5-8-6-12-3-4-13-9(12)11-8/h3-4,6-7,10H,5H2,1-2H3. The molecular formula is C9H13N3S. The highest BCUT2D eigenvalue weighted by atomic mass is 32.1. The Labute approximate surface area is 81.4 Å². The van der Waals surface area contributed by atoms with Crippen LogP contribution >= 0.6 is 11.3 Å². The lowest BCUT2D eigenvalue weighted by Gasteiger charge is -2.04.